The van der Waals surface area contributed by atoms with Crippen molar-refractivity contribution in [1.29, 1.82) is 0 Å². The second-order valence-electron chi connectivity index (χ2n) is 10.6. The molecule has 4 heterocycles. The quantitative estimate of drug-likeness (QED) is 0.524. The van der Waals surface area contributed by atoms with Crippen LogP contribution in [0.3, 0.4) is 0 Å². The third kappa shape index (κ3) is 5.08. The Bertz CT molecular complexity index is 1210. The Kier molecular flexibility index (Phi) is 7.29. The molecule has 0 unspecified atom stereocenters. The smallest absolute Gasteiger partial charge is 0.417 e. The number of hydrogen-bond donors (Lipinski definition) is 2. The molecule has 2 aromatic rings. The number of rotatable bonds is 6. The van der Waals surface area contributed by atoms with Gasteiger partial charge in [-0.25, -0.2) is 9.37 Å². The number of piperidine rings is 1. The summed E-state index contributed by atoms with van der Waals surface area (Å²) in [6.07, 6.45) is -0.997. The minimum Gasteiger partial charge on any atom is -0.481 e. The zero-order chi connectivity index (χ0) is 27.9. The fraction of sp³-hybridized carbons (Fsp3) is 0.615. The van der Waals surface area contributed by atoms with Crippen LogP contribution in [-0.4, -0.2) is 76.0 Å². The van der Waals surface area contributed by atoms with Crippen molar-refractivity contribution in [3.8, 4) is 17.1 Å². The van der Waals surface area contributed by atoms with E-state index in [9.17, 15) is 27.2 Å². The van der Waals surface area contributed by atoms with Gasteiger partial charge in [0.15, 0.2) is 17.1 Å². The normalized spacial score (nSPS) is 28.8. The topological polar surface area (TPSA) is 109 Å². The van der Waals surface area contributed by atoms with Crippen LogP contribution < -0.4 is 10.1 Å². The van der Waals surface area contributed by atoms with Crippen molar-refractivity contribution in [1.82, 2.24) is 25.4 Å². The molecule has 3 aliphatic rings. The predicted octanol–water partition coefficient (Wildman–Crippen LogP) is 4.01. The summed E-state index contributed by atoms with van der Waals surface area (Å²) < 4.78 is 64.6. The lowest BCUT2D eigenvalue weighted by Gasteiger charge is -2.41. The largest absolute Gasteiger partial charge is 0.481 e. The number of carbonyl (C=O) groups is 2. The van der Waals surface area contributed by atoms with E-state index in [1.54, 1.807) is 4.90 Å². The molecule has 2 bridgehead atoms. The first-order chi connectivity index (χ1) is 18.5. The number of aromatic nitrogens is 3. The number of pyridine rings is 1. The van der Waals surface area contributed by atoms with E-state index in [1.807, 2.05) is 0 Å². The van der Waals surface area contributed by atoms with Crippen LogP contribution in [-0.2, 0) is 9.53 Å². The fourth-order valence-corrected chi connectivity index (χ4v) is 6.31. The number of fused-ring (bicyclic) bond motifs is 2. The summed E-state index contributed by atoms with van der Waals surface area (Å²) in [6, 6.07) is 2.26. The Hall–Kier alpha value is -3.22. The van der Waals surface area contributed by atoms with Crippen LogP contribution in [0.4, 0.5) is 17.6 Å². The summed E-state index contributed by atoms with van der Waals surface area (Å²) in [5.74, 6) is -1.16. The SMILES string of the molecule is COc1cc(-c2cc(C(=O)N3[C@@H]4CC[C@H]3C[C@H](C(=O)N[C@H]3CC[C@@](OC)(C(F)(F)F)CC3)C4)n[nH]2)c(F)cn1. The molecule has 0 aromatic carbocycles. The molecule has 2 aliphatic heterocycles. The van der Waals surface area contributed by atoms with Gasteiger partial charge >= 0.3 is 6.18 Å². The zero-order valence-electron chi connectivity index (χ0n) is 21.7. The summed E-state index contributed by atoms with van der Waals surface area (Å²) in [4.78, 5) is 32.0. The summed E-state index contributed by atoms with van der Waals surface area (Å²) in [5.41, 5.74) is -1.52. The van der Waals surface area contributed by atoms with Crippen molar-refractivity contribution in [3.63, 3.8) is 0 Å². The van der Waals surface area contributed by atoms with Gasteiger partial charge in [0, 0.05) is 42.8 Å². The van der Waals surface area contributed by atoms with E-state index in [0.717, 1.165) is 26.1 Å². The number of ether oxygens (including phenoxy) is 2. The van der Waals surface area contributed by atoms with Gasteiger partial charge in [-0.2, -0.15) is 18.3 Å². The fourth-order valence-electron chi connectivity index (χ4n) is 6.31. The van der Waals surface area contributed by atoms with E-state index in [4.69, 9.17) is 9.47 Å². The molecule has 0 spiro atoms. The molecular formula is C26H31F4N5O4. The predicted molar refractivity (Wildman–Crippen MR) is 130 cm³/mol. The lowest BCUT2D eigenvalue weighted by Crippen LogP contribution is -2.54. The van der Waals surface area contributed by atoms with Gasteiger partial charge in [0.1, 0.15) is 0 Å². The van der Waals surface area contributed by atoms with Gasteiger partial charge in [0.05, 0.1) is 19.0 Å². The Morgan fingerprint density at radius 3 is 2.36 bits per heavy atom. The average molecular weight is 554 g/mol. The standard InChI is InChI=1S/C26H31F4N5O4/c1-38-22-11-18(19(27)13-31-22)20-12-21(34-33-20)24(37)35-16-3-4-17(35)10-14(9-16)23(36)32-15-5-7-25(39-2,8-6-15)26(28,29)30/h11-17H,3-10H2,1-2H3,(H,32,36)(H,33,34)/t14-,15-,16-,17+,25-. The summed E-state index contributed by atoms with van der Waals surface area (Å²) >= 11 is 0. The van der Waals surface area contributed by atoms with Crippen molar-refractivity contribution in [2.75, 3.05) is 14.2 Å². The number of hydrogen-bond acceptors (Lipinski definition) is 6. The second kappa shape index (κ2) is 10.4. The summed E-state index contributed by atoms with van der Waals surface area (Å²) in [6.45, 7) is 0. The van der Waals surface area contributed by atoms with Crippen LogP contribution in [0.15, 0.2) is 18.3 Å². The van der Waals surface area contributed by atoms with Crippen LogP contribution in [0.25, 0.3) is 11.3 Å². The average Bonchev–Trinajstić information content (AvgIpc) is 3.50. The van der Waals surface area contributed by atoms with Crippen LogP contribution in [0.5, 0.6) is 5.88 Å². The molecule has 13 heteroatoms. The highest BCUT2D eigenvalue weighted by Gasteiger charge is 2.56. The van der Waals surface area contributed by atoms with E-state index in [0.29, 0.717) is 18.5 Å². The van der Waals surface area contributed by atoms with Gasteiger partial charge in [-0.3, -0.25) is 14.7 Å². The molecule has 212 valence electrons. The number of carbonyl (C=O) groups excluding carboxylic acids is 2. The first-order valence-corrected chi connectivity index (χ1v) is 13.1. The molecule has 0 radical (unpaired) electrons. The summed E-state index contributed by atoms with van der Waals surface area (Å²) in [7, 11) is 2.50. The maximum Gasteiger partial charge on any atom is 0.417 e. The van der Waals surface area contributed by atoms with Gasteiger partial charge in [-0.05, 0) is 57.4 Å². The van der Waals surface area contributed by atoms with Crippen LogP contribution in [0.2, 0.25) is 0 Å². The monoisotopic (exact) mass is 553 g/mol. The van der Waals surface area contributed by atoms with E-state index >= 15 is 0 Å². The van der Waals surface area contributed by atoms with Crippen LogP contribution in [0.1, 0.15) is 61.9 Å². The van der Waals surface area contributed by atoms with Crippen molar-refractivity contribution >= 4 is 11.8 Å². The molecule has 5 rings (SSSR count). The molecule has 2 N–H and O–H groups in total. The molecular weight excluding hydrogens is 522 g/mol. The number of nitrogens with zero attached hydrogens (tertiary/aromatic N) is 3. The number of alkyl halides is 3. The number of H-pyrrole nitrogens is 1. The van der Waals surface area contributed by atoms with Gasteiger partial charge in [-0.1, -0.05) is 0 Å². The highest BCUT2D eigenvalue weighted by atomic mass is 19.4. The number of aromatic amines is 1. The van der Waals surface area contributed by atoms with E-state index in [1.165, 1.54) is 19.2 Å². The van der Waals surface area contributed by atoms with E-state index < -0.39 is 17.6 Å². The number of halogens is 4. The van der Waals surface area contributed by atoms with Gasteiger partial charge in [0.25, 0.3) is 5.91 Å². The number of amides is 2. The maximum atomic E-state index is 14.3. The van der Waals surface area contributed by atoms with Gasteiger partial charge in [0.2, 0.25) is 11.8 Å². The molecule has 39 heavy (non-hydrogen) atoms. The summed E-state index contributed by atoms with van der Waals surface area (Å²) in [5, 5.41) is 9.78. The molecule has 9 nitrogen and oxygen atoms in total. The lowest BCUT2D eigenvalue weighted by atomic mass is 9.81. The van der Waals surface area contributed by atoms with Gasteiger partial charge < -0.3 is 19.7 Å². The van der Waals surface area contributed by atoms with Crippen molar-refractivity contribution in [2.24, 2.45) is 5.92 Å². The Labute approximate surface area is 222 Å². The number of nitrogens with one attached hydrogen (secondary N) is 2. The molecule has 3 fully saturated rings. The molecule has 3 atom stereocenters. The highest BCUT2D eigenvalue weighted by molar-refractivity contribution is 5.94. The van der Waals surface area contributed by atoms with Crippen LogP contribution >= 0.6 is 0 Å². The third-order valence-corrected chi connectivity index (χ3v) is 8.51. The van der Waals surface area contributed by atoms with Crippen molar-refractivity contribution in [2.45, 2.75) is 81.3 Å². The lowest BCUT2D eigenvalue weighted by molar-refractivity contribution is -0.280. The van der Waals surface area contributed by atoms with E-state index in [-0.39, 0.29) is 78.7 Å². The zero-order valence-corrected chi connectivity index (χ0v) is 21.7. The maximum absolute atomic E-state index is 14.3. The Morgan fingerprint density at radius 2 is 1.77 bits per heavy atom. The first kappa shape index (κ1) is 27.4. The minimum atomic E-state index is -4.45. The minimum absolute atomic E-state index is 0.147. The first-order valence-electron chi connectivity index (χ1n) is 13.1. The molecule has 1 saturated carbocycles. The molecule has 2 amide bonds. The molecule has 2 saturated heterocycles. The Balaban J connectivity index is 1.20. The van der Waals surface area contributed by atoms with Gasteiger partial charge in [-0.15, -0.1) is 0 Å². The third-order valence-electron chi connectivity index (χ3n) is 8.51. The van der Waals surface area contributed by atoms with E-state index in [2.05, 4.69) is 20.5 Å². The van der Waals surface area contributed by atoms with Crippen molar-refractivity contribution < 1.29 is 36.6 Å². The Morgan fingerprint density at radius 1 is 1.10 bits per heavy atom. The molecule has 1 aliphatic carbocycles. The van der Waals surface area contributed by atoms with Crippen molar-refractivity contribution in [3.05, 3.63) is 29.8 Å². The molecule has 2 aromatic heterocycles. The second-order valence-corrected chi connectivity index (χ2v) is 10.6. The van der Waals surface area contributed by atoms with Crippen LogP contribution in [0, 0.1) is 11.7 Å². The number of methoxy groups -OCH3 is 2. The highest BCUT2D eigenvalue weighted by Crippen LogP contribution is 2.44.